The van der Waals surface area contributed by atoms with E-state index in [1.165, 1.54) is 10.9 Å². The summed E-state index contributed by atoms with van der Waals surface area (Å²) in [5.41, 5.74) is 9.73. The molecule has 6 heterocycles. The molecular weight excluding hydrogens is 1090 g/mol. The number of benzene rings is 2. The number of phosphoric acid groups is 3. The van der Waals surface area contributed by atoms with E-state index in [0.717, 1.165) is 29.7 Å². The molecule has 27 nitrogen and oxygen atoms in total. The summed E-state index contributed by atoms with van der Waals surface area (Å²) >= 11 is 0. The number of rotatable bonds is 23. The molecule has 1 amide bonds. The lowest BCUT2D eigenvalue weighted by Crippen LogP contribution is -2.50. The van der Waals surface area contributed by atoms with Gasteiger partial charge in [-0.3, -0.25) is 18.4 Å². The first kappa shape index (κ1) is 58.3. The van der Waals surface area contributed by atoms with Gasteiger partial charge in [0.05, 0.1) is 52.6 Å². The van der Waals surface area contributed by atoms with Crippen molar-refractivity contribution in [3.8, 4) is 11.5 Å². The number of hydrogen-bond donors (Lipinski definition) is 7. The number of nitrogens with one attached hydrogen (secondary N) is 1. The van der Waals surface area contributed by atoms with Crippen molar-refractivity contribution in [2.45, 2.75) is 116 Å². The van der Waals surface area contributed by atoms with Crippen LogP contribution in [0.3, 0.4) is 0 Å². The molecular formula is C46H62N9O18P3S. The van der Waals surface area contributed by atoms with Crippen LogP contribution in [-0.2, 0) is 51.0 Å². The largest absolute Gasteiger partial charge is 0.748 e. The molecule has 0 spiro atoms. The minimum atomic E-state index is -5.81. The fourth-order valence-electron chi connectivity index (χ4n) is 10.0. The molecule has 0 radical (unpaired) electrons. The number of fused-ring (bicyclic) bond motifs is 5. The Bertz CT molecular complexity index is 3430. The van der Waals surface area contributed by atoms with Gasteiger partial charge in [-0.15, -0.1) is 0 Å². The van der Waals surface area contributed by atoms with E-state index in [2.05, 4.69) is 72.1 Å². The number of aromatic nitrogens is 4. The second kappa shape index (κ2) is 22.3. The third-order valence-corrected chi connectivity index (χ3v) is 18.3. The lowest BCUT2D eigenvalue weighted by Gasteiger charge is -2.43. The van der Waals surface area contributed by atoms with E-state index in [1.807, 2.05) is 36.6 Å². The molecule has 8 N–H and O–H groups in total. The van der Waals surface area contributed by atoms with Crippen molar-refractivity contribution in [2.75, 3.05) is 49.2 Å². The van der Waals surface area contributed by atoms with Crippen LogP contribution in [0.25, 0.3) is 22.3 Å². The first-order valence-corrected chi connectivity index (χ1v) is 30.6. The zero-order chi connectivity index (χ0) is 56.0. The number of amides is 1. The van der Waals surface area contributed by atoms with Crippen LogP contribution in [0.1, 0.15) is 97.4 Å². The monoisotopic (exact) mass is 1150 g/mol. The molecule has 2 aromatic carbocycles. The molecule has 8 rings (SSSR count). The molecule has 4 aliphatic heterocycles. The summed E-state index contributed by atoms with van der Waals surface area (Å²) in [6.07, 6.45) is 2.33. The Morgan fingerprint density at radius 2 is 1.62 bits per heavy atom. The second-order valence-corrected chi connectivity index (χ2v) is 26.0. The van der Waals surface area contributed by atoms with Crippen molar-refractivity contribution in [2.24, 2.45) is 4.99 Å². The number of aliphatic hydroxyl groups excluding tert-OH is 2. The summed E-state index contributed by atoms with van der Waals surface area (Å²) in [5.74, 6) is 0.110. The van der Waals surface area contributed by atoms with Crippen molar-refractivity contribution in [3.63, 3.8) is 0 Å². The number of anilines is 2. The maximum absolute atomic E-state index is 13.0. The predicted molar refractivity (Wildman–Crippen MR) is 277 cm³/mol. The van der Waals surface area contributed by atoms with Gasteiger partial charge in [-0.2, -0.15) is 8.62 Å². The number of hydrogen-bond acceptors (Lipinski definition) is 21. The minimum absolute atomic E-state index is 0.0260. The van der Waals surface area contributed by atoms with Gasteiger partial charge in [0.2, 0.25) is 11.3 Å². The molecule has 2 aromatic heterocycles. The maximum Gasteiger partial charge on any atom is 0.490 e. The third-order valence-electron chi connectivity index (χ3n) is 13.4. The van der Waals surface area contributed by atoms with Gasteiger partial charge < -0.3 is 54.9 Å². The summed E-state index contributed by atoms with van der Waals surface area (Å²) in [6.45, 7) is 12.3. The number of carbonyl (C=O) groups is 1. The number of phosphoric ester groups is 2. The van der Waals surface area contributed by atoms with Gasteiger partial charge >= 0.3 is 23.5 Å². The second-order valence-electron chi connectivity index (χ2n) is 20.0. The summed E-state index contributed by atoms with van der Waals surface area (Å²) in [5, 5.41) is 25.1. The van der Waals surface area contributed by atoms with Crippen LogP contribution in [-0.4, -0.2) is 131 Å². The van der Waals surface area contributed by atoms with E-state index >= 15 is 0 Å². The molecule has 31 heteroatoms. The SMILES string of the molecule is CCN1c2cc3c(cc2C(C)=CC1(C)C)N=c1cc2c(cc1O3)=[N+](CCCC(=O)NCCCCCCOP(=O)(O)OP(=O)(O)OP(=O)(O)OC[C@H]1O[C@@H](n3cnc4c(N)ncnc43)[C@H](O)[C@@H]1O)C(C)(C)C=C2CS(=O)(=O)[O-]. The molecule has 4 aliphatic rings. The van der Waals surface area contributed by atoms with Crippen molar-refractivity contribution in [3.05, 3.63) is 70.9 Å². The number of unbranched alkanes of at least 4 members (excludes halogenated alkanes) is 3. The highest BCUT2D eigenvalue weighted by Gasteiger charge is 2.47. The molecule has 7 atom stereocenters. The lowest BCUT2D eigenvalue weighted by molar-refractivity contribution is -0.121. The summed E-state index contributed by atoms with van der Waals surface area (Å²) in [4.78, 5) is 62.3. The van der Waals surface area contributed by atoms with Crippen molar-refractivity contribution in [1.29, 1.82) is 0 Å². The van der Waals surface area contributed by atoms with Gasteiger partial charge in [0, 0.05) is 57.1 Å². The molecule has 3 unspecified atom stereocenters. The smallest absolute Gasteiger partial charge is 0.490 e. The number of nitrogens with two attached hydrogens (primary N) is 1. The normalized spacial score (nSPS) is 22.7. The topological polar surface area (TPSA) is 382 Å². The van der Waals surface area contributed by atoms with Crippen LogP contribution in [0.4, 0.5) is 17.2 Å². The van der Waals surface area contributed by atoms with Crippen LogP contribution in [0, 0.1) is 0 Å². The Hall–Kier alpha value is -4.86. The Morgan fingerprint density at radius 1 is 0.909 bits per heavy atom. The molecule has 420 valence electrons. The Morgan fingerprint density at radius 3 is 2.34 bits per heavy atom. The van der Waals surface area contributed by atoms with E-state index in [1.54, 1.807) is 12.1 Å². The quantitative estimate of drug-likeness (QED) is 0.0211. The van der Waals surface area contributed by atoms with E-state index in [9.17, 15) is 56.4 Å². The van der Waals surface area contributed by atoms with E-state index < -0.39 is 82.6 Å². The Labute approximate surface area is 442 Å². The average Bonchev–Trinajstić information content (AvgIpc) is 3.95. The Kier molecular flexibility index (Phi) is 16.9. The van der Waals surface area contributed by atoms with Crippen LogP contribution < -0.4 is 36.0 Å². The molecule has 1 saturated heterocycles. The number of nitrogens with zero attached hydrogens (tertiary/aromatic N) is 7. The van der Waals surface area contributed by atoms with Crippen LogP contribution in [0.15, 0.2) is 54.1 Å². The number of imidazole rings is 1. The van der Waals surface area contributed by atoms with Crippen LogP contribution >= 0.6 is 23.5 Å². The number of nitrogen functional groups attached to an aromatic ring is 1. The molecule has 4 aromatic rings. The highest BCUT2D eigenvalue weighted by atomic mass is 32.2. The first-order valence-electron chi connectivity index (χ1n) is 24.5. The fraction of sp³-hybridized carbons (Fsp3) is 0.522. The molecule has 77 heavy (non-hydrogen) atoms. The van der Waals surface area contributed by atoms with E-state index in [4.69, 9.17) is 24.7 Å². The summed E-state index contributed by atoms with van der Waals surface area (Å²) in [6, 6.07) is 7.55. The van der Waals surface area contributed by atoms with Gasteiger partial charge in [-0.05, 0) is 69.9 Å². The molecule has 0 aliphatic carbocycles. The van der Waals surface area contributed by atoms with Gasteiger partial charge in [-0.25, -0.2) is 46.6 Å². The van der Waals surface area contributed by atoms with Gasteiger partial charge in [0.25, 0.3) is 0 Å². The standard InChI is InChI=1S/C46H62N9O18P3S/c1-7-54-33-19-35-31(17-29(33)27(2)21-45(54,3)4)52-32-18-30-28(24-77(65,66)67)22-46(5,6)55(34(30)20-36(32)70-35)15-12-13-38(56)48-14-10-8-9-11-16-68-74(59,60)72-76(63,64)73-75(61,62)69-23-37-40(57)41(58)44(71-37)53-26-51-39-42(47)49-25-50-43(39)53/h17-22,25-26,37,40-41,44,57-58H,7-16,23-24H2,1-6H3,(H6-,47,48,49,50,56,59,60,61,62,63,64,65,66,67)/t37-,40-,41-,44-/m1/s1. The molecule has 0 saturated carbocycles. The highest BCUT2D eigenvalue weighted by Crippen LogP contribution is 2.68. The number of likely N-dealkylation sites (N-methyl/N-ethyl adjacent to an activating group) is 1. The van der Waals surface area contributed by atoms with Gasteiger partial charge in [-0.1, -0.05) is 18.9 Å². The van der Waals surface area contributed by atoms with E-state index in [-0.39, 0.29) is 41.3 Å². The maximum atomic E-state index is 13.0. The van der Waals surface area contributed by atoms with E-state index in [0.29, 0.717) is 77.8 Å². The van der Waals surface area contributed by atoms with Crippen LogP contribution in [0.5, 0.6) is 11.5 Å². The average molecular weight is 1150 g/mol. The summed E-state index contributed by atoms with van der Waals surface area (Å²) < 4.78 is 107. The summed E-state index contributed by atoms with van der Waals surface area (Å²) in [7, 11) is -21.4. The fourth-order valence-corrected chi connectivity index (χ4v) is 14.2. The minimum Gasteiger partial charge on any atom is -0.748 e. The van der Waals surface area contributed by atoms with Crippen molar-refractivity contribution < 1.29 is 83.5 Å². The first-order chi connectivity index (χ1) is 36.0. The van der Waals surface area contributed by atoms with Gasteiger partial charge in [0.1, 0.15) is 47.7 Å². The number of ether oxygens (including phenoxy) is 2. The van der Waals surface area contributed by atoms with Crippen molar-refractivity contribution in [1.82, 2.24) is 29.4 Å². The Balaban J connectivity index is 0.782. The predicted octanol–water partition coefficient (Wildman–Crippen LogP) is 3.84. The number of aliphatic hydroxyl groups is 2. The third kappa shape index (κ3) is 13.4. The zero-order valence-corrected chi connectivity index (χ0v) is 46.4. The molecule has 0 bridgehead atoms. The zero-order valence-electron chi connectivity index (χ0n) is 42.9. The number of allylic oxidation sites excluding steroid dienone is 1. The van der Waals surface area contributed by atoms with Crippen molar-refractivity contribution >= 4 is 79.0 Å². The molecule has 1 fully saturated rings. The lowest BCUT2D eigenvalue weighted by atomic mass is 9.88. The van der Waals surface area contributed by atoms with Crippen LogP contribution in [0.2, 0.25) is 0 Å². The van der Waals surface area contributed by atoms with Gasteiger partial charge in [0.15, 0.2) is 34.7 Å². The highest BCUT2D eigenvalue weighted by molar-refractivity contribution is 7.86. The number of carbonyl (C=O) groups excluding carboxylic acids is 1.